The zero-order valence-corrected chi connectivity index (χ0v) is 11.1. The first-order valence-electron chi connectivity index (χ1n) is 6.46. The fourth-order valence-corrected chi connectivity index (χ4v) is 2.39. The number of benzene rings is 1. The minimum Gasteiger partial charge on any atom is -0.505 e. The SMILES string of the molecule is CNC(c1ccccn1)c1ccc2cccnc2c1O. The second-order valence-corrected chi connectivity index (χ2v) is 4.55. The average Bonchev–Trinajstić information content (AvgIpc) is 2.51. The molecule has 0 aliphatic rings. The molecule has 0 saturated carbocycles. The van der Waals surface area contributed by atoms with Crippen LogP contribution < -0.4 is 5.32 Å². The van der Waals surface area contributed by atoms with E-state index in [-0.39, 0.29) is 11.8 Å². The number of hydrogen-bond donors (Lipinski definition) is 2. The van der Waals surface area contributed by atoms with Crippen molar-refractivity contribution in [1.29, 1.82) is 0 Å². The average molecular weight is 265 g/mol. The fourth-order valence-electron chi connectivity index (χ4n) is 2.39. The van der Waals surface area contributed by atoms with Crippen LogP contribution in [0.3, 0.4) is 0 Å². The molecule has 2 aromatic heterocycles. The van der Waals surface area contributed by atoms with Crippen LogP contribution in [0.4, 0.5) is 0 Å². The molecule has 4 heteroatoms. The van der Waals surface area contributed by atoms with E-state index in [0.717, 1.165) is 16.6 Å². The smallest absolute Gasteiger partial charge is 0.146 e. The summed E-state index contributed by atoms with van der Waals surface area (Å²) in [7, 11) is 1.85. The van der Waals surface area contributed by atoms with Crippen LogP contribution in [0.1, 0.15) is 17.3 Å². The van der Waals surface area contributed by atoms with Gasteiger partial charge in [-0.05, 0) is 25.2 Å². The number of nitrogens with zero attached hydrogens (tertiary/aromatic N) is 2. The minimum absolute atomic E-state index is 0.164. The number of phenols is 1. The molecule has 2 N–H and O–H groups in total. The number of hydrogen-bond acceptors (Lipinski definition) is 4. The number of fused-ring (bicyclic) bond motifs is 1. The highest BCUT2D eigenvalue weighted by molar-refractivity contribution is 5.85. The molecular formula is C16H15N3O. The van der Waals surface area contributed by atoms with Crippen molar-refractivity contribution in [3.8, 4) is 5.75 Å². The largest absolute Gasteiger partial charge is 0.505 e. The highest BCUT2D eigenvalue weighted by Crippen LogP contribution is 2.33. The first-order valence-corrected chi connectivity index (χ1v) is 6.46. The first kappa shape index (κ1) is 12.6. The molecule has 20 heavy (non-hydrogen) atoms. The molecule has 0 amide bonds. The van der Waals surface area contributed by atoms with Crippen molar-refractivity contribution in [2.75, 3.05) is 7.05 Å². The van der Waals surface area contributed by atoms with Crippen molar-refractivity contribution in [3.05, 3.63) is 66.1 Å². The second kappa shape index (κ2) is 5.27. The van der Waals surface area contributed by atoms with Crippen LogP contribution in [0, 0.1) is 0 Å². The van der Waals surface area contributed by atoms with E-state index in [2.05, 4.69) is 15.3 Å². The molecule has 0 spiro atoms. The number of aromatic nitrogens is 2. The van der Waals surface area contributed by atoms with Gasteiger partial charge in [0.1, 0.15) is 11.3 Å². The van der Waals surface area contributed by atoms with Gasteiger partial charge in [-0.1, -0.05) is 24.3 Å². The second-order valence-electron chi connectivity index (χ2n) is 4.55. The van der Waals surface area contributed by atoms with Gasteiger partial charge >= 0.3 is 0 Å². The molecule has 0 aliphatic heterocycles. The van der Waals surface area contributed by atoms with Crippen LogP contribution in [0.15, 0.2) is 54.9 Å². The number of nitrogens with one attached hydrogen (secondary N) is 1. The monoisotopic (exact) mass is 265 g/mol. The Hall–Kier alpha value is -2.46. The van der Waals surface area contributed by atoms with Gasteiger partial charge in [-0.15, -0.1) is 0 Å². The molecule has 0 radical (unpaired) electrons. The Bertz CT molecular complexity index is 728. The van der Waals surface area contributed by atoms with Gasteiger partial charge in [0.05, 0.1) is 11.7 Å². The molecule has 0 aliphatic carbocycles. The molecular weight excluding hydrogens is 250 g/mol. The summed E-state index contributed by atoms with van der Waals surface area (Å²) in [5.74, 6) is 0.202. The summed E-state index contributed by atoms with van der Waals surface area (Å²) in [6.07, 6.45) is 3.43. The van der Waals surface area contributed by atoms with Crippen LogP contribution in [-0.4, -0.2) is 22.1 Å². The highest BCUT2D eigenvalue weighted by atomic mass is 16.3. The van der Waals surface area contributed by atoms with Crippen LogP contribution in [-0.2, 0) is 0 Å². The van der Waals surface area contributed by atoms with Crippen molar-refractivity contribution in [2.24, 2.45) is 0 Å². The van der Waals surface area contributed by atoms with E-state index in [1.807, 2.05) is 49.5 Å². The molecule has 1 unspecified atom stereocenters. The van der Waals surface area contributed by atoms with Crippen LogP contribution in [0.5, 0.6) is 5.75 Å². The summed E-state index contributed by atoms with van der Waals surface area (Å²) >= 11 is 0. The molecule has 0 saturated heterocycles. The van der Waals surface area contributed by atoms with Gasteiger partial charge < -0.3 is 10.4 Å². The van der Waals surface area contributed by atoms with E-state index in [9.17, 15) is 5.11 Å². The fraction of sp³-hybridized carbons (Fsp3) is 0.125. The number of pyridine rings is 2. The lowest BCUT2D eigenvalue weighted by Gasteiger charge is -2.18. The normalized spacial score (nSPS) is 12.4. The molecule has 1 aromatic carbocycles. The quantitative estimate of drug-likeness (QED) is 0.764. The third-order valence-corrected chi connectivity index (χ3v) is 3.36. The van der Waals surface area contributed by atoms with Crippen molar-refractivity contribution >= 4 is 10.9 Å². The van der Waals surface area contributed by atoms with Crippen molar-refractivity contribution in [1.82, 2.24) is 15.3 Å². The predicted molar refractivity (Wildman–Crippen MR) is 78.5 cm³/mol. The summed E-state index contributed by atoms with van der Waals surface area (Å²) in [5.41, 5.74) is 2.25. The lowest BCUT2D eigenvalue weighted by atomic mass is 10.00. The molecule has 4 nitrogen and oxygen atoms in total. The third-order valence-electron chi connectivity index (χ3n) is 3.36. The molecule has 1 atom stereocenters. The Morgan fingerprint density at radius 3 is 2.60 bits per heavy atom. The standard InChI is InChI=1S/C16H15N3O/c1-17-15(13-6-2-3-9-18-13)12-8-7-11-5-4-10-19-14(11)16(12)20/h2-10,15,17,20H,1H3. The number of aromatic hydroxyl groups is 1. The lowest BCUT2D eigenvalue weighted by molar-refractivity contribution is 0.465. The zero-order valence-electron chi connectivity index (χ0n) is 11.1. The highest BCUT2D eigenvalue weighted by Gasteiger charge is 2.18. The first-order chi connectivity index (χ1) is 9.81. The maximum Gasteiger partial charge on any atom is 0.146 e. The topological polar surface area (TPSA) is 58.0 Å². The summed E-state index contributed by atoms with van der Waals surface area (Å²) in [5, 5.41) is 14.6. The van der Waals surface area contributed by atoms with E-state index in [1.165, 1.54) is 0 Å². The Morgan fingerprint density at radius 2 is 1.85 bits per heavy atom. The summed E-state index contributed by atoms with van der Waals surface area (Å²) in [6.45, 7) is 0. The van der Waals surface area contributed by atoms with Crippen molar-refractivity contribution in [2.45, 2.75) is 6.04 Å². The van der Waals surface area contributed by atoms with Crippen LogP contribution in [0.25, 0.3) is 10.9 Å². The maximum atomic E-state index is 10.5. The third kappa shape index (κ3) is 2.10. The van der Waals surface area contributed by atoms with Crippen LogP contribution in [0.2, 0.25) is 0 Å². The molecule has 0 fully saturated rings. The molecule has 2 heterocycles. The molecule has 0 bridgehead atoms. The molecule has 3 aromatic rings. The van der Waals surface area contributed by atoms with Gasteiger partial charge in [0, 0.05) is 23.3 Å². The van der Waals surface area contributed by atoms with Gasteiger partial charge in [0.15, 0.2) is 0 Å². The maximum absolute atomic E-state index is 10.5. The van der Waals surface area contributed by atoms with Gasteiger partial charge in [-0.3, -0.25) is 9.97 Å². The van der Waals surface area contributed by atoms with E-state index >= 15 is 0 Å². The molecule has 100 valence electrons. The van der Waals surface area contributed by atoms with E-state index in [4.69, 9.17) is 0 Å². The Morgan fingerprint density at radius 1 is 1.00 bits per heavy atom. The Balaban J connectivity index is 2.15. The Kier molecular flexibility index (Phi) is 3.31. The summed E-state index contributed by atoms with van der Waals surface area (Å²) < 4.78 is 0. The predicted octanol–water partition coefficient (Wildman–Crippen LogP) is 2.64. The van der Waals surface area contributed by atoms with Gasteiger partial charge in [0.2, 0.25) is 0 Å². The zero-order chi connectivity index (χ0) is 13.9. The Labute approximate surface area is 117 Å². The van der Waals surface area contributed by atoms with E-state index < -0.39 is 0 Å². The van der Waals surface area contributed by atoms with Crippen LogP contribution >= 0.6 is 0 Å². The van der Waals surface area contributed by atoms with Gasteiger partial charge in [0.25, 0.3) is 0 Å². The van der Waals surface area contributed by atoms with Crippen molar-refractivity contribution in [3.63, 3.8) is 0 Å². The van der Waals surface area contributed by atoms with Gasteiger partial charge in [-0.25, -0.2) is 0 Å². The number of rotatable bonds is 3. The van der Waals surface area contributed by atoms with Crippen molar-refractivity contribution < 1.29 is 5.11 Å². The summed E-state index contributed by atoms with van der Waals surface area (Å²) in [6, 6.07) is 13.2. The minimum atomic E-state index is -0.164. The summed E-state index contributed by atoms with van der Waals surface area (Å²) in [4.78, 5) is 8.61. The van der Waals surface area contributed by atoms with E-state index in [1.54, 1.807) is 12.4 Å². The van der Waals surface area contributed by atoms with Gasteiger partial charge in [-0.2, -0.15) is 0 Å². The lowest BCUT2D eigenvalue weighted by Crippen LogP contribution is -2.19. The molecule has 3 rings (SSSR count). The number of phenolic OH excluding ortho intramolecular Hbond substituents is 1. The van der Waals surface area contributed by atoms with E-state index in [0.29, 0.717) is 5.52 Å².